The minimum atomic E-state index is -0.392. The molecule has 0 amide bonds. The maximum absolute atomic E-state index is 11.1. The van der Waals surface area contributed by atoms with Crippen molar-refractivity contribution in [1.29, 1.82) is 0 Å². The number of carbonyl (C=O) groups is 1. The van der Waals surface area contributed by atoms with E-state index < -0.39 is 5.97 Å². The van der Waals surface area contributed by atoms with Crippen molar-refractivity contribution in [3.8, 4) is 0 Å². The third-order valence-corrected chi connectivity index (χ3v) is 3.80. The van der Waals surface area contributed by atoms with E-state index in [-0.39, 0.29) is 0 Å². The highest BCUT2D eigenvalue weighted by atomic mass is 16.5. The van der Waals surface area contributed by atoms with Gasteiger partial charge in [-0.15, -0.1) is 0 Å². The van der Waals surface area contributed by atoms with Gasteiger partial charge in [0.15, 0.2) is 0 Å². The topological polar surface area (TPSA) is 26.3 Å². The van der Waals surface area contributed by atoms with Crippen LogP contribution in [0.15, 0.2) is 48.8 Å². The van der Waals surface area contributed by atoms with Crippen LogP contribution in [0.2, 0.25) is 0 Å². The second-order valence-corrected chi connectivity index (χ2v) is 6.30. The molecule has 0 spiro atoms. The molecular formula is C22H36O2. The SMILES string of the molecule is C=C(C)C(=O)OC=CC=CC=CCCCCCCCCCCCC. The zero-order valence-electron chi connectivity index (χ0n) is 15.8. The molecule has 0 aromatic carbocycles. The van der Waals surface area contributed by atoms with Crippen LogP contribution in [0.25, 0.3) is 0 Å². The molecule has 0 radical (unpaired) electrons. The zero-order valence-corrected chi connectivity index (χ0v) is 15.8. The smallest absolute Gasteiger partial charge is 0.337 e. The largest absolute Gasteiger partial charge is 0.431 e. The number of esters is 1. The van der Waals surface area contributed by atoms with E-state index in [1.54, 1.807) is 13.0 Å². The average molecular weight is 333 g/mol. The van der Waals surface area contributed by atoms with Crippen LogP contribution in [0.5, 0.6) is 0 Å². The highest BCUT2D eigenvalue weighted by Gasteiger charge is 1.98. The van der Waals surface area contributed by atoms with E-state index >= 15 is 0 Å². The fourth-order valence-corrected chi connectivity index (χ4v) is 2.30. The second-order valence-electron chi connectivity index (χ2n) is 6.30. The Morgan fingerprint density at radius 3 is 1.96 bits per heavy atom. The van der Waals surface area contributed by atoms with Crippen LogP contribution < -0.4 is 0 Å². The lowest BCUT2D eigenvalue weighted by Crippen LogP contribution is -1.98. The summed E-state index contributed by atoms with van der Waals surface area (Å²) in [6.07, 6.45) is 26.0. The van der Waals surface area contributed by atoms with Gasteiger partial charge < -0.3 is 4.74 Å². The summed E-state index contributed by atoms with van der Waals surface area (Å²) in [6.45, 7) is 7.41. The van der Waals surface area contributed by atoms with Crippen LogP contribution in [0.3, 0.4) is 0 Å². The van der Waals surface area contributed by atoms with E-state index in [0.29, 0.717) is 5.57 Å². The maximum Gasteiger partial charge on any atom is 0.337 e. The fraction of sp³-hybridized carbons (Fsp3) is 0.591. The van der Waals surface area contributed by atoms with Crippen LogP contribution in [0.1, 0.15) is 84.5 Å². The Kier molecular flexibility index (Phi) is 16.6. The molecular weight excluding hydrogens is 296 g/mol. The van der Waals surface area contributed by atoms with Crippen LogP contribution >= 0.6 is 0 Å². The Hall–Kier alpha value is -1.57. The average Bonchev–Trinajstić information content (AvgIpc) is 2.57. The summed E-state index contributed by atoms with van der Waals surface area (Å²) >= 11 is 0. The van der Waals surface area contributed by atoms with E-state index in [1.807, 2.05) is 18.2 Å². The summed E-state index contributed by atoms with van der Waals surface area (Å²) in [5.41, 5.74) is 0.403. The Morgan fingerprint density at radius 1 is 0.833 bits per heavy atom. The van der Waals surface area contributed by atoms with Crippen molar-refractivity contribution >= 4 is 5.97 Å². The first kappa shape index (κ1) is 22.4. The molecule has 0 fully saturated rings. The Balaban J connectivity index is 3.37. The van der Waals surface area contributed by atoms with Gasteiger partial charge in [0.1, 0.15) is 0 Å². The molecule has 0 heterocycles. The summed E-state index contributed by atoms with van der Waals surface area (Å²) in [6, 6.07) is 0. The number of carbonyl (C=O) groups excluding carboxylic acids is 1. The second kappa shape index (κ2) is 17.8. The lowest BCUT2D eigenvalue weighted by Gasteiger charge is -2.01. The highest BCUT2D eigenvalue weighted by molar-refractivity contribution is 5.87. The molecule has 0 aliphatic rings. The third-order valence-electron chi connectivity index (χ3n) is 3.80. The molecule has 0 aromatic rings. The first-order chi connectivity index (χ1) is 11.7. The molecule has 0 rings (SSSR count). The molecule has 0 saturated carbocycles. The molecule has 0 atom stereocenters. The molecule has 0 bridgehead atoms. The molecule has 0 N–H and O–H groups in total. The van der Waals surface area contributed by atoms with Crippen LogP contribution in [0, 0.1) is 0 Å². The Morgan fingerprint density at radius 2 is 1.38 bits per heavy atom. The first-order valence-corrected chi connectivity index (χ1v) is 9.53. The van der Waals surface area contributed by atoms with Gasteiger partial charge in [-0.3, -0.25) is 0 Å². The quantitative estimate of drug-likeness (QED) is 0.106. The minimum absolute atomic E-state index is 0.392. The third kappa shape index (κ3) is 16.8. The van der Waals surface area contributed by atoms with Crippen molar-refractivity contribution in [1.82, 2.24) is 0 Å². The molecule has 2 nitrogen and oxygen atoms in total. The molecule has 0 aromatic heterocycles. The minimum Gasteiger partial charge on any atom is -0.431 e. The van der Waals surface area contributed by atoms with Gasteiger partial charge in [-0.05, 0) is 25.8 Å². The van der Waals surface area contributed by atoms with Gasteiger partial charge in [-0.2, -0.15) is 0 Å². The van der Waals surface area contributed by atoms with E-state index in [1.165, 1.54) is 70.5 Å². The van der Waals surface area contributed by atoms with Crippen molar-refractivity contribution in [3.63, 3.8) is 0 Å². The molecule has 0 aliphatic heterocycles. The monoisotopic (exact) mass is 332 g/mol. The summed E-state index contributed by atoms with van der Waals surface area (Å²) in [4.78, 5) is 11.1. The highest BCUT2D eigenvalue weighted by Crippen LogP contribution is 2.11. The number of rotatable bonds is 15. The first-order valence-electron chi connectivity index (χ1n) is 9.53. The van der Waals surface area contributed by atoms with E-state index in [2.05, 4.69) is 19.6 Å². The van der Waals surface area contributed by atoms with Crippen LogP contribution in [-0.2, 0) is 9.53 Å². The number of ether oxygens (including phenoxy) is 1. The lowest BCUT2D eigenvalue weighted by molar-refractivity contribution is -0.133. The summed E-state index contributed by atoms with van der Waals surface area (Å²) in [5, 5.41) is 0. The van der Waals surface area contributed by atoms with Crippen molar-refractivity contribution in [2.75, 3.05) is 0 Å². The molecule has 2 heteroatoms. The number of allylic oxidation sites excluding steroid dienone is 5. The number of unbranched alkanes of at least 4 members (excludes halogenated alkanes) is 10. The van der Waals surface area contributed by atoms with E-state index in [9.17, 15) is 4.79 Å². The number of hydrogen-bond acceptors (Lipinski definition) is 2. The Labute approximate surface area is 149 Å². The van der Waals surface area contributed by atoms with Crippen molar-refractivity contribution in [3.05, 3.63) is 48.8 Å². The van der Waals surface area contributed by atoms with Gasteiger partial charge >= 0.3 is 5.97 Å². The normalized spacial score (nSPS) is 11.8. The number of hydrogen-bond donors (Lipinski definition) is 0. The predicted octanol–water partition coefficient (Wildman–Crippen LogP) is 7.04. The predicted molar refractivity (Wildman–Crippen MR) is 105 cm³/mol. The van der Waals surface area contributed by atoms with Crippen molar-refractivity contribution < 1.29 is 9.53 Å². The van der Waals surface area contributed by atoms with Crippen LogP contribution in [-0.4, -0.2) is 5.97 Å². The lowest BCUT2D eigenvalue weighted by atomic mass is 10.1. The fourth-order valence-electron chi connectivity index (χ4n) is 2.30. The van der Waals surface area contributed by atoms with Gasteiger partial charge in [0.2, 0.25) is 0 Å². The summed E-state index contributed by atoms with van der Waals surface area (Å²) in [7, 11) is 0. The standard InChI is InChI=1S/C22H36O2/c1-4-5-6-7-8-9-10-11-12-13-14-15-16-17-18-19-20-24-22(23)21(2)3/h15-20H,2,4-14H2,1,3H3. The van der Waals surface area contributed by atoms with Gasteiger partial charge in [-0.25, -0.2) is 4.79 Å². The van der Waals surface area contributed by atoms with Gasteiger partial charge in [0, 0.05) is 5.57 Å². The summed E-state index contributed by atoms with van der Waals surface area (Å²) in [5.74, 6) is -0.392. The molecule has 136 valence electrons. The van der Waals surface area contributed by atoms with Gasteiger partial charge in [0.05, 0.1) is 6.26 Å². The molecule has 0 aliphatic carbocycles. The summed E-state index contributed by atoms with van der Waals surface area (Å²) < 4.78 is 4.83. The van der Waals surface area contributed by atoms with E-state index in [4.69, 9.17) is 4.74 Å². The molecule has 0 saturated heterocycles. The maximum atomic E-state index is 11.1. The Bertz CT molecular complexity index is 402. The van der Waals surface area contributed by atoms with Crippen LogP contribution in [0.4, 0.5) is 0 Å². The van der Waals surface area contributed by atoms with E-state index in [0.717, 1.165) is 6.42 Å². The molecule has 0 unspecified atom stereocenters. The van der Waals surface area contributed by atoms with Gasteiger partial charge in [-0.1, -0.05) is 95.6 Å². The molecule has 24 heavy (non-hydrogen) atoms. The van der Waals surface area contributed by atoms with Crippen molar-refractivity contribution in [2.24, 2.45) is 0 Å². The zero-order chi connectivity index (χ0) is 17.9. The van der Waals surface area contributed by atoms with Crippen molar-refractivity contribution in [2.45, 2.75) is 84.5 Å². The van der Waals surface area contributed by atoms with Gasteiger partial charge in [0.25, 0.3) is 0 Å².